The number of carbonyl (C=O) groups excluding carboxylic acids is 3. The summed E-state index contributed by atoms with van der Waals surface area (Å²) in [5, 5.41) is 7.99. The highest BCUT2D eigenvalue weighted by molar-refractivity contribution is 6.39. The number of rotatable bonds is 6. The fourth-order valence-corrected chi connectivity index (χ4v) is 2.89. The van der Waals surface area contributed by atoms with Crippen LogP contribution in [0.25, 0.3) is 0 Å². The minimum absolute atomic E-state index is 0.136. The summed E-state index contributed by atoms with van der Waals surface area (Å²) in [6.07, 6.45) is 0.623. The molecule has 0 aliphatic carbocycles. The first-order valence-corrected chi connectivity index (χ1v) is 9.48. The van der Waals surface area contributed by atoms with Gasteiger partial charge in [-0.25, -0.2) is 4.39 Å². The summed E-state index contributed by atoms with van der Waals surface area (Å²) in [5.41, 5.74) is 0.731. The van der Waals surface area contributed by atoms with E-state index in [2.05, 4.69) is 16.0 Å². The van der Waals surface area contributed by atoms with Gasteiger partial charge in [0.25, 0.3) is 5.91 Å². The first-order valence-electron chi connectivity index (χ1n) is 9.10. The number of hydrogen-bond donors (Lipinski definition) is 3. The van der Waals surface area contributed by atoms with Crippen molar-refractivity contribution in [3.8, 4) is 0 Å². The minimum atomic E-state index is -0.915. The van der Waals surface area contributed by atoms with Crippen molar-refractivity contribution in [2.45, 2.75) is 26.3 Å². The largest absolute Gasteiger partial charge is 0.355 e. The molecule has 0 heterocycles. The number of benzene rings is 2. The molecule has 0 aliphatic rings. The van der Waals surface area contributed by atoms with Crippen LogP contribution in [0.3, 0.4) is 0 Å². The Balaban J connectivity index is 2.12. The molecule has 2 rings (SSSR count). The Bertz CT molecular complexity index is 901. The predicted octanol–water partition coefficient (Wildman–Crippen LogP) is 3.68. The molecule has 1 atom stereocenters. The van der Waals surface area contributed by atoms with Gasteiger partial charge >= 0.3 is 11.8 Å². The molecule has 2 aromatic carbocycles. The van der Waals surface area contributed by atoms with Crippen LogP contribution in [-0.4, -0.2) is 24.8 Å². The van der Waals surface area contributed by atoms with Gasteiger partial charge in [0, 0.05) is 17.8 Å². The molecule has 8 heteroatoms. The molecule has 29 heavy (non-hydrogen) atoms. The van der Waals surface area contributed by atoms with Gasteiger partial charge in [0.05, 0.1) is 11.6 Å². The summed E-state index contributed by atoms with van der Waals surface area (Å²) in [6, 6.07) is 10.1. The third-order valence-electron chi connectivity index (χ3n) is 4.19. The van der Waals surface area contributed by atoms with Gasteiger partial charge in [-0.15, -0.1) is 0 Å². The zero-order valence-corrected chi connectivity index (χ0v) is 17.1. The summed E-state index contributed by atoms with van der Waals surface area (Å²) >= 11 is 5.92. The van der Waals surface area contributed by atoms with Crippen LogP contribution in [0.1, 0.15) is 42.2 Å². The van der Waals surface area contributed by atoms with Gasteiger partial charge in [-0.2, -0.15) is 0 Å². The number of hydrogen-bond acceptors (Lipinski definition) is 3. The molecule has 3 N–H and O–H groups in total. The van der Waals surface area contributed by atoms with E-state index < -0.39 is 23.5 Å². The van der Waals surface area contributed by atoms with Gasteiger partial charge in [-0.3, -0.25) is 14.4 Å². The molecular weight excluding hydrogens is 397 g/mol. The topological polar surface area (TPSA) is 87.3 Å². The molecule has 0 fully saturated rings. The van der Waals surface area contributed by atoms with Crippen molar-refractivity contribution < 1.29 is 18.8 Å². The minimum Gasteiger partial charge on any atom is -0.355 e. The summed E-state index contributed by atoms with van der Waals surface area (Å²) in [6.45, 7) is 4.02. The van der Waals surface area contributed by atoms with Crippen LogP contribution in [-0.2, 0) is 9.59 Å². The summed E-state index contributed by atoms with van der Waals surface area (Å²) in [7, 11) is 1.37. The summed E-state index contributed by atoms with van der Waals surface area (Å²) in [4.78, 5) is 36.4. The van der Waals surface area contributed by atoms with E-state index in [0.29, 0.717) is 11.4 Å². The van der Waals surface area contributed by atoms with Crippen molar-refractivity contribution in [3.05, 3.63) is 64.4 Å². The number of amides is 3. The van der Waals surface area contributed by atoms with Crippen molar-refractivity contribution in [1.29, 1.82) is 0 Å². The van der Waals surface area contributed by atoms with Crippen molar-refractivity contribution in [3.63, 3.8) is 0 Å². The smallest absolute Gasteiger partial charge is 0.313 e. The van der Waals surface area contributed by atoms with Gasteiger partial charge in [-0.05, 0) is 48.2 Å². The second kappa shape index (κ2) is 10.0. The maximum Gasteiger partial charge on any atom is 0.313 e. The van der Waals surface area contributed by atoms with Crippen LogP contribution in [0.2, 0.25) is 5.02 Å². The quantitative estimate of drug-likeness (QED) is 0.624. The van der Waals surface area contributed by atoms with Gasteiger partial charge in [0.1, 0.15) is 5.82 Å². The van der Waals surface area contributed by atoms with Crippen LogP contribution in [0.15, 0.2) is 42.5 Å². The third-order valence-corrected chi connectivity index (χ3v) is 4.44. The molecule has 0 aliphatic heterocycles. The van der Waals surface area contributed by atoms with E-state index in [4.69, 9.17) is 11.6 Å². The lowest BCUT2D eigenvalue weighted by molar-refractivity contribution is -0.136. The van der Waals surface area contributed by atoms with Crippen LogP contribution in [0.5, 0.6) is 0 Å². The molecule has 0 saturated heterocycles. The maximum atomic E-state index is 13.8. The summed E-state index contributed by atoms with van der Waals surface area (Å²) in [5.74, 6) is -2.85. The average molecular weight is 420 g/mol. The Morgan fingerprint density at radius 1 is 1.03 bits per heavy atom. The number of halogens is 2. The Labute approximate surface area is 173 Å². The highest BCUT2D eigenvalue weighted by atomic mass is 35.5. The molecule has 154 valence electrons. The molecule has 2 aromatic rings. The van der Waals surface area contributed by atoms with Crippen LogP contribution in [0, 0.1) is 11.7 Å². The molecule has 0 aromatic heterocycles. The van der Waals surface area contributed by atoms with E-state index in [0.717, 1.165) is 11.6 Å². The normalized spacial score (nSPS) is 11.7. The average Bonchev–Trinajstić information content (AvgIpc) is 2.68. The fourth-order valence-electron chi connectivity index (χ4n) is 2.77. The monoisotopic (exact) mass is 419 g/mol. The molecule has 0 radical (unpaired) electrons. The first-order chi connectivity index (χ1) is 13.7. The predicted molar refractivity (Wildman–Crippen MR) is 110 cm³/mol. The van der Waals surface area contributed by atoms with Crippen molar-refractivity contribution in [2.24, 2.45) is 5.92 Å². The lowest BCUT2D eigenvalue weighted by Crippen LogP contribution is -2.38. The molecule has 0 unspecified atom stereocenters. The molecule has 0 bridgehead atoms. The molecule has 0 spiro atoms. The van der Waals surface area contributed by atoms with Crippen LogP contribution in [0.4, 0.5) is 10.1 Å². The molecule has 6 nitrogen and oxygen atoms in total. The van der Waals surface area contributed by atoms with Gasteiger partial charge in [0.15, 0.2) is 0 Å². The third kappa shape index (κ3) is 6.29. The lowest BCUT2D eigenvalue weighted by Gasteiger charge is -2.21. The Morgan fingerprint density at radius 3 is 2.28 bits per heavy atom. The number of carbonyl (C=O) groups is 3. The fraction of sp³-hybridized carbons (Fsp3) is 0.286. The van der Waals surface area contributed by atoms with E-state index >= 15 is 0 Å². The SMILES string of the molecule is CNC(=O)c1cc(NC(=O)C(=O)N[C@H](CC(C)C)c2ccc(Cl)cc2)ccc1F. The van der Waals surface area contributed by atoms with E-state index in [1.165, 1.54) is 19.2 Å². The van der Waals surface area contributed by atoms with Crippen LogP contribution >= 0.6 is 11.6 Å². The molecular formula is C21H23ClFN3O3. The van der Waals surface area contributed by atoms with E-state index in [-0.39, 0.29) is 23.2 Å². The molecule has 0 saturated carbocycles. The standard InChI is InChI=1S/C21H23ClFN3O3/c1-12(2)10-18(13-4-6-14(22)7-5-13)26-21(29)20(28)25-15-8-9-17(23)16(11-15)19(27)24-3/h4-9,11-12,18H,10H2,1-3H3,(H,24,27)(H,25,28)(H,26,29)/t18-/m1/s1. The van der Waals surface area contributed by atoms with Crippen molar-refractivity contribution in [2.75, 3.05) is 12.4 Å². The second-order valence-electron chi connectivity index (χ2n) is 6.94. The summed E-state index contributed by atoms with van der Waals surface area (Å²) < 4.78 is 13.8. The maximum absolute atomic E-state index is 13.8. The second-order valence-corrected chi connectivity index (χ2v) is 7.37. The first kappa shape index (κ1) is 22.4. The highest BCUT2D eigenvalue weighted by Gasteiger charge is 2.22. The Kier molecular flexibility index (Phi) is 7.73. The van der Waals surface area contributed by atoms with E-state index in [9.17, 15) is 18.8 Å². The van der Waals surface area contributed by atoms with Gasteiger partial charge in [-0.1, -0.05) is 37.6 Å². The Morgan fingerprint density at radius 2 is 1.69 bits per heavy atom. The van der Waals surface area contributed by atoms with Gasteiger partial charge in [0.2, 0.25) is 0 Å². The zero-order valence-electron chi connectivity index (χ0n) is 16.4. The van der Waals surface area contributed by atoms with Crippen LogP contribution < -0.4 is 16.0 Å². The zero-order chi connectivity index (χ0) is 21.6. The number of anilines is 1. The number of nitrogens with one attached hydrogen (secondary N) is 3. The Hall–Kier alpha value is -2.93. The van der Waals surface area contributed by atoms with E-state index in [1.54, 1.807) is 24.3 Å². The molecule has 3 amide bonds. The van der Waals surface area contributed by atoms with E-state index in [1.807, 2.05) is 13.8 Å². The van der Waals surface area contributed by atoms with Crippen molar-refractivity contribution in [1.82, 2.24) is 10.6 Å². The van der Waals surface area contributed by atoms with Gasteiger partial charge < -0.3 is 16.0 Å². The highest BCUT2D eigenvalue weighted by Crippen LogP contribution is 2.23. The lowest BCUT2D eigenvalue weighted by atomic mass is 9.97. The van der Waals surface area contributed by atoms with Crippen molar-refractivity contribution >= 4 is 35.0 Å².